The number of benzene rings is 1. The molecule has 0 bridgehead atoms. The van der Waals surface area contributed by atoms with Crippen LogP contribution in [-0.2, 0) is 36.1 Å². The summed E-state index contributed by atoms with van der Waals surface area (Å²) in [4.78, 5) is 31.4. The van der Waals surface area contributed by atoms with Gasteiger partial charge in [0.05, 0.1) is 23.8 Å². The highest BCUT2D eigenvalue weighted by Gasteiger charge is 2.52. The van der Waals surface area contributed by atoms with E-state index in [9.17, 15) is 39.6 Å². The number of aromatic nitrogens is 1. The molecule has 1 N–H and O–H groups in total. The molecule has 2 saturated heterocycles. The van der Waals surface area contributed by atoms with E-state index in [0.29, 0.717) is 17.7 Å². The number of nitrogens with one attached hydrogen (secondary N) is 1. The minimum Gasteiger partial charge on any atom is -0.379 e. The normalized spacial score (nSPS) is 19.0. The Morgan fingerprint density at radius 2 is 1.64 bits per heavy atom. The number of halogens is 3. The largest absolute Gasteiger partial charge is 0.501 e. The summed E-state index contributed by atoms with van der Waals surface area (Å²) in [6.45, 7) is 3.66. The van der Waals surface area contributed by atoms with Crippen LogP contribution in [0.3, 0.4) is 0 Å². The number of morpholine rings is 1. The van der Waals surface area contributed by atoms with Crippen molar-refractivity contribution in [3.63, 3.8) is 0 Å². The number of nitrogens with zero attached hydrogens (tertiary/aromatic N) is 4. The molecule has 2 aromatic rings. The van der Waals surface area contributed by atoms with Crippen LogP contribution in [0.15, 0.2) is 47.5 Å². The van der Waals surface area contributed by atoms with Gasteiger partial charge >= 0.3 is 21.7 Å². The number of ether oxygens (including phenoxy) is 1. The van der Waals surface area contributed by atoms with Crippen LogP contribution >= 0.6 is 0 Å². The van der Waals surface area contributed by atoms with Crippen LogP contribution in [0.1, 0.15) is 19.4 Å². The van der Waals surface area contributed by atoms with Crippen molar-refractivity contribution in [3.05, 3.63) is 48.2 Å². The molecule has 0 aliphatic carbocycles. The van der Waals surface area contributed by atoms with Crippen LogP contribution in [0.2, 0.25) is 0 Å². The van der Waals surface area contributed by atoms with Crippen LogP contribution in [0.25, 0.3) is 0 Å². The fraction of sp³-hybridized carbons (Fsp3) is 0.409. The van der Waals surface area contributed by atoms with E-state index in [1.54, 1.807) is 0 Å². The van der Waals surface area contributed by atoms with Crippen molar-refractivity contribution in [1.82, 2.24) is 14.2 Å². The number of rotatable bonds is 7. The number of urea groups is 1. The number of sulfone groups is 1. The van der Waals surface area contributed by atoms with Gasteiger partial charge in [0.1, 0.15) is 11.4 Å². The van der Waals surface area contributed by atoms with Crippen LogP contribution in [0, 0.1) is 0 Å². The zero-order chi connectivity index (χ0) is 28.8. The second kappa shape index (κ2) is 10.0. The van der Waals surface area contributed by atoms with Crippen molar-refractivity contribution in [2.24, 2.45) is 0 Å². The molecule has 212 valence electrons. The van der Waals surface area contributed by atoms with E-state index >= 15 is 0 Å². The van der Waals surface area contributed by atoms with Gasteiger partial charge in [-0.1, -0.05) is 0 Å². The van der Waals surface area contributed by atoms with Gasteiger partial charge in [-0.3, -0.25) is 9.52 Å². The SMILES string of the molecule is CC1(C)C(=O)N(c2ccc(S(=O)(=O)C(F)(F)F)cc2)C(=O)N1Cc1ccnc(NS(=O)(=O)N2CCOCC2)c1. The zero-order valence-electron chi connectivity index (χ0n) is 20.7. The Morgan fingerprint density at radius 1 is 1.03 bits per heavy atom. The third-order valence-electron chi connectivity index (χ3n) is 6.24. The van der Waals surface area contributed by atoms with E-state index in [1.165, 1.54) is 41.4 Å². The number of hydrogen-bond acceptors (Lipinski definition) is 8. The van der Waals surface area contributed by atoms with Gasteiger partial charge in [-0.2, -0.15) is 25.9 Å². The lowest BCUT2D eigenvalue weighted by Crippen LogP contribution is -2.44. The molecule has 1 aromatic carbocycles. The summed E-state index contributed by atoms with van der Waals surface area (Å²) >= 11 is 0. The lowest BCUT2D eigenvalue weighted by atomic mass is 10.0. The van der Waals surface area contributed by atoms with Gasteiger partial charge in [0.2, 0.25) is 0 Å². The lowest BCUT2D eigenvalue weighted by Gasteiger charge is -2.28. The Labute approximate surface area is 222 Å². The predicted octanol–water partition coefficient (Wildman–Crippen LogP) is 2.11. The molecule has 12 nitrogen and oxygen atoms in total. The third-order valence-corrected chi connectivity index (χ3v) is 9.26. The smallest absolute Gasteiger partial charge is 0.379 e. The van der Waals surface area contributed by atoms with Gasteiger partial charge in [0, 0.05) is 25.8 Å². The monoisotopic (exact) mass is 591 g/mol. The highest BCUT2D eigenvalue weighted by molar-refractivity contribution is 7.92. The molecule has 0 radical (unpaired) electrons. The Bertz CT molecular complexity index is 1490. The van der Waals surface area contributed by atoms with Crippen molar-refractivity contribution in [3.8, 4) is 0 Å². The first-order valence-corrected chi connectivity index (χ1v) is 14.4. The van der Waals surface area contributed by atoms with E-state index in [2.05, 4.69) is 9.71 Å². The quantitative estimate of drug-likeness (QED) is 0.482. The number of alkyl halides is 3. The molecular formula is C22H24F3N5O7S2. The Morgan fingerprint density at radius 3 is 2.23 bits per heavy atom. The molecule has 0 saturated carbocycles. The maximum absolute atomic E-state index is 13.3. The molecule has 4 rings (SSSR count). The second-order valence-electron chi connectivity index (χ2n) is 9.18. The maximum Gasteiger partial charge on any atom is 0.501 e. The molecule has 2 fully saturated rings. The number of anilines is 2. The highest BCUT2D eigenvalue weighted by Crippen LogP contribution is 2.35. The van der Waals surface area contributed by atoms with Crippen molar-refractivity contribution in [2.75, 3.05) is 35.9 Å². The molecule has 0 atom stereocenters. The highest BCUT2D eigenvalue weighted by atomic mass is 32.2. The van der Waals surface area contributed by atoms with Crippen molar-refractivity contribution in [1.29, 1.82) is 0 Å². The number of imide groups is 1. The fourth-order valence-corrected chi connectivity index (χ4v) is 5.93. The molecule has 0 spiro atoms. The van der Waals surface area contributed by atoms with Crippen LogP contribution in [0.4, 0.5) is 29.5 Å². The summed E-state index contributed by atoms with van der Waals surface area (Å²) in [7, 11) is -9.51. The van der Waals surface area contributed by atoms with Crippen LogP contribution in [0.5, 0.6) is 0 Å². The Balaban J connectivity index is 1.55. The van der Waals surface area contributed by atoms with Gasteiger partial charge in [-0.05, 0) is 55.8 Å². The average Bonchev–Trinajstić information content (AvgIpc) is 3.03. The topological polar surface area (TPSA) is 146 Å². The van der Waals surface area contributed by atoms with Gasteiger partial charge in [0.25, 0.3) is 15.7 Å². The van der Waals surface area contributed by atoms with E-state index < -0.39 is 47.9 Å². The zero-order valence-corrected chi connectivity index (χ0v) is 22.3. The summed E-state index contributed by atoms with van der Waals surface area (Å²) in [5.74, 6) is -0.700. The first-order chi connectivity index (χ1) is 18.1. The minimum absolute atomic E-state index is 0.00640. The summed E-state index contributed by atoms with van der Waals surface area (Å²) < 4.78 is 95.9. The Hall–Kier alpha value is -3.28. The molecule has 3 heterocycles. The minimum atomic E-state index is -5.61. The number of carbonyl (C=O) groups excluding carboxylic acids is 2. The first kappa shape index (κ1) is 28.7. The van der Waals surface area contributed by atoms with Gasteiger partial charge in [-0.25, -0.2) is 23.1 Å². The molecule has 17 heteroatoms. The van der Waals surface area contributed by atoms with Crippen molar-refractivity contribution >= 4 is 43.5 Å². The number of hydrogen-bond donors (Lipinski definition) is 1. The molecule has 3 amide bonds. The average molecular weight is 592 g/mol. The van der Waals surface area contributed by atoms with Crippen molar-refractivity contribution in [2.45, 2.75) is 36.3 Å². The lowest BCUT2D eigenvalue weighted by molar-refractivity contribution is -0.123. The molecule has 2 aliphatic heterocycles. The second-order valence-corrected chi connectivity index (χ2v) is 12.8. The van der Waals surface area contributed by atoms with Gasteiger partial charge in [0.15, 0.2) is 0 Å². The number of pyridine rings is 1. The summed E-state index contributed by atoms with van der Waals surface area (Å²) in [5.41, 5.74) is -6.58. The molecule has 0 unspecified atom stereocenters. The van der Waals surface area contributed by atoms with E-state index in [1.807, 2.05) is 0 Å². The standard InChI is InChI=1S/C22H24F3N5O7S2/c1-21(2)19(31)30(16-3-5-17(6-4-16)38(33,34)22(23,24)25)20(32)29(21)14-15-7-8-26-18(13-15)27-39(35,36)28-9-11-37-12-10-28/h3-8,13H,9-12,14H2,1-2H3,(H,26,27). The maximum atomic E-state index is 13.3. The summed E-state index contributed by atoms with van der Waals surface area (Å²) in [5, 5.41) is 0. The molecule has 2 aliphatic rings. The Kier molecular flexibility index (Phi) is 7.39. The van der Waals surface area contributed by atoms with E-state index in [0.717, 1.165) is 17.0 Å². The number of carbonyl (C=O) groups is 2. The fourth-order valence-electron chi connectivity index (χ4n) is 4.03. The third kappa shape index (κ3) is 5.43. The molecular weight excluding hydrogens is 567 g/mol. The molecule has 39 heavy (non-hydrogen) atoms. The van der Waals surface area contributed by atoms with E-state index in [-0.39, 0.29) is 44.4 Å². The van der Waals surface area contributed by atoms with Crippen molar-refractivity contribution < 1.29 is 44.3 Å². The summed E-state index contributed by atoms with van der Waals surface area (Å²) in [6.07, 6.45) is 1.33. The predicted molar refractivity (Wildman–Crippen MR) is 131 cm³/mol. The molecule has 1 aromatic heterocycles. The van der Waals surface area contributed by atoms with Gasteiger partial charge < -0.3 is 9.64 Å². The van der Waals surface area contributed by atoms with Gasteiger partial charge in [-0.15, -0.1) is 0 Å². The first-order valence-electron chi connectivity index (χ1n) is 11.4. The van der Waals surface area contributed by atoms with E-state index in [4.69, 9.17) is 4.74 Å². The van der Waals surface area contributed by atoms with Crippen LogP contribution < -0.4 is 9.62 Å². The summed E-state index contributed by atoms with van der Waals surface area (Å²) in [6, 6.07) is 5.36. The number of amides is 3. The van der Waals surface area contributed by atoms with Crippen LogP contribution in [-0.4, -0.2) is 80.3 Å².